The van der Waals surface area contributed by atoms with Crippen LogP contribution < -0.4 is 10.6 Å². The van der Waals surface area contributed by atoms with Gasteiger partial charge in [0.15, 0.2) is 5.41 Å². The summed E-state index contributed by atoms with van der Waals surface area (Å²) >= 11 is 0. The number of rotatable bonds is 7. The molecule has 1 heterocycles. The molecule has 1 unspecified atom stereocenters. The summed E-state index contributed by atoms with van der Waals surface area (Å²) in [7, 11) is 1.17. The molecule has 10 heteroatoms. The maximum atomic E-state index is 14.1. The summed E-state index contributed by atoms with van der Waals surface area (Å²) in [4.78, 5) is 37.9. The topological polar surface area (TPSA) is 87.7 Å². The van der Waals surface area contributed by atoms with Crippen LogP contribution in [-0.2, 0) is 20.9 Å². The van der Waals surface area contributed by atoms with E-state index in [4.69, 9.17) is 0 Å². The van der Waals surface area contributed by atoms with Gasteiger partial charge < -0.3 is 15.4 Å². The standard InChI is InChI=1S/C23H24F3N3O4/c1-33-19(30)13-27-20(31)17-8-5-9-18(12-17)28-21(32)22(23(24,25)26)10-11-29(15-22)14-16-6-3-2-4-7-16/h2-9,12H,10-11,13-15H2,1H3,(H,27,31)(H,28,32). The van der Waals surface area contributed by atoms with Crippen molar-refractivity contribution in [2.45, 2.75) is 19.1 Å². The first-order valence-corrected chi connectivity index (χ1v) is 10.2. The molecule has 7 nitrogen and oxygen atoms in total. The number of alkyl halides is 3. The van der Waals surface area contributed by atoms with E-state index in [1.807, 2.05) is 30.3 Å². The summed E-state index contributed by atoms with van der Waals surface area (Å²) in [6, 6.07) is 14.6. The lowest BCUT2D eigenvalue weighted by molar-refractivity contribution is -0.215. The van der Waals surface area contributed by atoms with Gasteiger partial charge in [0, 0.05) is 24.3 Å². The maximum Gasteiger partial charge on any atom is 0.404 e. The highest BCUT2D eigenvalue weighted by molar-refractivity contribution is 6.00. The van der Waals surface area contributed by atoms with Gasteiger partial charge in [-0.3, -0.25) is 19.3 Å². The predicted molar refractivity (Wildman–Crippen MR) is 114 cm³/mol. The molecule has 176 valence electrons. The average molecular weight is 463 g/mol. The number of carbonyl (C=O) groups is 3. The molecule has 1 aliphatic heterocycles. The Morgan fingerprint density at radius 2 is 1.82 bits per heavy atom. The Labute approximate surface area is 188 Å². The van der Waals surface area contributed by atoms with Crippen LogP contribution in [0.2, 0.25) is 0 Å². The third-order valence-corrected chi connectivity index (χ3v) is 5.58. The number of nitrogens with one attached hydrogen (secondary N) is 2. The zero-order chi connectivity index (χ0) is 24.1. The number of nitrogens with zero attached hydrogens (tertiary/aromatic N) is 1. The molecule has 0 bridgehead atoms. The molecule has 1 aliphatic rings. The number of likely N-dealkylation sites (tertiary alicyclic amines) is 1. The molecule has 0 saturated carbocycles. The van der Waals surface area contributed by atoms with Gasteiger partial charge in [0.25, 0.3) is 5.91 Å². The van der Waals surface area contributed by atoms with Crippen LogP contribution in [0.15, 0.2) is 54.6 Å². The van der Waals surface area contributed by atoms with Crippen LogP contribution in [0.5, 0.6) is 0 Å². The van der Waals surface area contributed by atoms with Gasteiger partial charge in [-0.1, -0.05) is 36.4 Å². The van der Waals surface area contributed by atoms with Crippen molar-refractivity contribution in [3.63, 3.8) is 0 Å². The lowest BCUT2D eigenvalue weighted by atomic mass is 9.85. The van der Waals surface area contributed by atoms with Crippen molar-refractivity contribution in [1.82, 2.24) is 10.2 Å². The van der Waals surface area contributed by atoms with Crippen LogP contribution in [0.1, 0.15) is 22.3 Å². The first kappa shape index (κ1) is 24.2. The Bertz CT molecular complexity index is 1010. The summed E-state index contributed by atoms with van der Waals surface area (Å²) in [6.45, 7) is -0.392. The molecule has 0 aliphatic carbocycles. The first-order chi connectivity index (χ1) is 15.6. The first-order valence-electron chi connectivity index (χ1n) is 10.2. The Balaban J connectivity index is 1.72. The fourth-order valence-electron chi connectivity index (χ4n) is 3.73. The van der Waals surface area contributed by atoms with E-state index >= 15 is 0 Å². The van der Waals surface area contributed by atoms with Crippen LogP contribution in [-0.4, -0.2) is 55.6 Å². The van der Waals surface area contributed by atoms with E-state index in [0.29, 0.717) is 6.54 Å². The number of amides is 2. The smallest absolute Gasteiger partial charge is 0.404 e. The molecular weight excluding hydrogens is 439 g/mol. The molecule has 1 fully saturated rings. The molecule has 2 N–H and O–H groups in total. The van der Waals surface area contributed by atoms with E-state index in [1.165, 1.54) is 31.4 Å². The van der Waals surface area contributed by atoms with Gasteiger partial charge >= 0.3 is 12.1 Å². The van der Waals surface area contributed by atoms with E-state index in [2.05, 4.69) is 15.4 Å². The summed E-state index contributed by atoms with van der Waals surface area (Å²) < 4.78 is 46.7. The minimum atomic E-state index is -4.75. The van der Waals surface area contributed by atoms with Crippen molar-refractivity contribution >= 4 is 23.5 Å². The number of carbonyl (C=O) groups excluding carboxylic acids is 3. The van der Waals surface area contributed by atoms with Crippen LogP contribution in [0.4, 0.5) is 18.9 Å². The number of halogens is 3. The number of methoxy groups -OCH3 is 1. The van der Waals surface area contributed by atoms with Gasteiger partial charge in [0.1, 0.15) is 6.54 Å². The Kier molecular flexibility index (Phi) is 7.37. The highest BCUT2D eigenvalue weighted by Crippen LogP contribution is 2.46. The normalized spacial score (nSPS) is 18.5. The van der Waals surface area contributed by atoms with E-state index < -0.39 is 35.9 Å². The quantitative estimate of drug-likeness (QED) is 0.617. The van der Waals surface area contributed by atoms with E-state index in [-0.39, 0.29) is 30.8 Å². The summed E-state index contributed by atoms with van der Waals surface area (Å²) in [5, 5.41) is 4.66. The second-order valence-electron chi connectivity index (χ2n) is 7.82. The molecule has 2 aromatic rings. The number of esters is 1. The number of hydrogen-bond donors (Lipinski definition) is 2. The zero-order valence-corrected chi connectivity index (χ0v) is 17.9. The molecular formula is C23H24F3N3O4. The van der Waals surface area contributed by atoms with E-state index in [9.17, 15) is 27.6 Å². The van der Waals surface area contributed by atoms with Crippen LogP contribution in [0.3, 0.4) is 0 Å². The number of anilines is 1. The minimum Gasteiger partial charge on any atom is -0.468 e. The molecule has 2 amide bonds. The van der Waals surface area contributed by atoms with Crippen LogP contribution in [0.25, 0.3) is 0 Å². The monoisotopic (exact) mass is 463 g/mol. The summed E-state index contributed by atoms with van der Waals surface area (Å²) in [5.41, 5.74) is -1.57. The van der Waals surface area contributed by atoms with E-state index in [0.717, 1.165) is 5.56 Å². The minimum absolute atomic E-state index is 0.0517. The maximum absolute atomic E-state index is 14.1. The highest BCUT2D eigenvalue weighted by atomic mass is 19.4. The van der Waals surface area contributed by atoms with Crippen LogP contribution in [0, 0.1) is 5.41 Å². The third kappa shape index (κ3) is 5.70. The molecule has 0 spiro atoms. The predicted octanol–water partition coefficient (Wildman–Crippen LogP) is 2.98. The third-order valence-electron chi connectivity index (χ3n) is 5.58. The van der Waals surface area contributed by atoms with Crippen molar-refractivity contribution in [2.24, 2.45) is 5.41 Å². The largest absolute Gasteiger partial charge is 0.468 e. The molecule has 2 aromatic carbocycles. The Morgan fingerprint density at radius 3 is 2.48 bits per heavy atom. The van der Waals surface area contributed by atoms with Gasteiger partial charge in [-0.25, -0.2) is 0 Å². The molecule has 33 heavy (non-hydrogen) atoms. The lowest BCUT2D eigenvalue weighted by Crippen LogP contribution is -2.49. The fraction of sp³-hybridized carbons (Fsp3) is 0.348. The molecule has 3 rings (SSSR count). The number of hydrogen-bond acceptors (Lipinski definition) is 5. The Hall–Kier alpha value is -3.40. The highest BCUT2D eigenvalue weighted by Gasteiger charge is 2.62. The van der Waals surface area contributed by atoms with Gasteiger partial charge in [-0.15, -0.1) is 0 Å². The lowest BCUT2D eigenvalue weighted by Gasteiger charge is -2.30. The van der Waals surface area contributed by atoms with Crippen LogP contribution >= 0.6 is 0 Å². The summed E-state index contributed by atoms with van der Waals surface area (Å²) in [6.07, 6.45) is -5.12. The summed E-state index contributed by atoms with van der Waals surface area (Å²) in [5.74, 6) is -2.45. The van der Waals surface area contributed by atoms with Crippen molar-refractivity contribution in [3.05, 3.63) is 65.7 Å². The van der Waals surface area contributed by atoms with Crippen molar-refractivity contribution < 1.29 is 32.3 Å². The molecule has 0 radical (unpaired) electrons. The van der Waals surface area contributed by atoms with Gasteiger partial charge in [-0.05, 0) is 36.7 Å². The number of benzene rings is 2. The second-order valence-corrected chi connectivity index (χ2v) is 7.82. The zero-order valence-electron chi connectivity index (χ0n) is 17.9. The Morgan fingerprint density at radius 1 is 1.09 bits per heavy atom. The fourth-order valence-corrected chi connectivity index (χ4v) is 3.73. The number of ether oxygens (including phenoxy) is 1. The molecule has 1 saturated heterocycles. The van der Waals surface area contributed by atoms with Gasteiger partial charge in [0.05, 0.1) is 7.11 Å². The molecule has 0 aromatic heterocycles. The van der Waals surface area contributed by atoms with Crippen molar-refractivity contribution in [1.29, 1.82) is 0 Å². The van der Waals surface area contributed by atoms with Gasteiger partial charge in [-0.2, -0.15) is 13.2 Å². The average Bonchev–Trinajstić information content (AvgIpc) is 3.23. The van der Waals surface area contributed by atoms with Crippen molar-refractivity contribution in [2.75, 3.05) is 32.1 Å². The van der Waals surface area contributed by atoms with Gasteiger partial charge in [0.2, 0.25) is 5.91 Å². The van der Waals surface area contributed by atoms with E-state index in [1.54, 1.807) is 4.90 Å². The van der Waals surface area contributed by atoms with Crippen molar-refractivity contribution in [3.8, 4) is 0 Å². The SMILES string of the molecule is COC(=O)CNC(=O)c1cccc(NC(=O)C2(C(F)(F)F)CCN(Cc3ccccc3)C2)c1. The molecule has 1 atom stereocenters. The second kappa shape index (κ2) is 10.0.